The van der Waals surface area contributed by atoms with Crippen molar-refractivity contribution in [2.75, 3.05) is 7.11 Å². The number of imidazole rings is 1. The van der Waals surface area contributed by atoms with Crippen molar-refractivity contribution in [3.8, 4) is 0 Å². The molecule has 0 aliphatic heterocycles. The predicted octanol–water partition coefficient (Wildman–Crippen LogP) is 2.78. The number of aromatic nitrogens is 2. The maximum Gasteiger partial charge on any atom is 0.392 e. The number of nitrogens with zero attached hydrogens (tertiary/aromatic N) is 1. The summed E-state index contributed by atoms with van der Waals surface area (Å²) in [5.74, 6) is -0.638. The van der Waals surface area contributed by atoms with Crippen LogP contribution in [0.2, 0.25) is 0 Å². The second-order valence-corrected chi connectivity index (χ2v) is 4.41. The highest BCUT2D eigenvalue weighted by Crippen LogP contribution is 2.36. The smallest absolute Gasteiger partial charge is 0.374 e. The van der Waals surface area contributed by atoms with Gasteiger partial charge < -0.3 is 9.72 Å². The van der Waals surface area contributed by atoms with Gasteiger partial charge in [-0.15, -0.1) is 0 Å². The summed E-state index contributed by atoms with van der Waals surface area (Å²) in [6.07, 6.45) is -3.82. The first kappa shape index (κ1) is 12.4. The average molecular weight is 248 g/mol. The third-order valence-electron chi connectivity index (χ3n) is 3.26. The van der Waals surface area contributed by atoms with Crippen molar-refractivity contribution in [1.29, 1.82) is 0 Å². The number of hydrogen-bond acceptors (Lipinski definition) is 2. The zero-order valence-corrected chi connectivity index (χ0v) is 9.77. The minimum atomic E-state index is -4.12. The number of halogens is 3. The lowest BCUT2D eigenvalue weighted by Gasteiger charge is -2.23. The number of aryl methyl sites for hydroxylation is 1. The van der Waals surface area contributed by atoms with Crippen molar-refractivity contribution in [3.05, 3.63) is 17.2 Å². The Labute approximate surface area is 97.4 Å². The molecule has 2 unspecified atom stereocenters. The quantitative estimate of drug-likeness (QED) is 0.873. The average Bonchev–Trinajstić information content (AvgIpc) is 2.69. The van der Waals surface area contributed by atoms with Crippen LogP contribution in [-0.2, 0) is 17.6 Å². The highest BCUT2D eigenvalue weighted by Gasteiger charge is 2.42. The molecule has 96 valence electrons. The second kappa shape index (κ2) is 4.33. The molecule has 1 aromatic heterocycles. The molecular weight excluding hydrogens is 233 g/mol. The lowest BCUT2D eigenvalue weighted by Crippen LogP contribution is -2.28. The van der Waals surface area contributed by atoms with Crippen LogP contribution in [0.4, 0.5) is 13.2 Å². The molecule has 1 heterocycles. The number of ether oxygens (including phenoxy) is 1. The van der Waals surface area contributed by atoms with Crippen molar-refractivity contribution < 1.29 is 17.9 Å². The van der Waals surface area contributed by atoms with Gasteiger partial charge in [-0.1, -0.05) is 0 Å². The van der Waals surface area contributed by atoms with E-state index in [0.717, 1.165) is 5.69 Å². The number of nitrogens with one attached hydrogen (secondary N) is 1. The zero-order valence-electron chi connectivity index (χ0n) is 9.77. The SMILES string of the molecule is COC(C)c1nc2c([nH]1)CC(C(F)(F)F)CC2. The molecule has 2 atom stereocenters. The van der Waals surface area contributed by atoms with Gasteiger partial charge in [0.15, 0.2) is 0 Å². The Morgan fingerprint density at radius 3 is 2.76 bits per heavy atom. The van der Waals surface area contributed by atoms with E-state index in [9.17, 15) is 13.2 Å². The van der Waals surface area contributed by atoms with Crippen LogP contribution in [0.25, 0.3) is 0 Å². The topological polar surface area (TPSA) is 37.9 Å². The Hall–Kier alpha value is -1.04. The number of aromatic amines is 1. The Morgan fingerprint density at radius 2 is 2.18 bits per heavy atom. The number of alkyl halides is 3. The monoisotopic (exact) mass is 248 g/mol. The van der Waals surface area contributed by atoms with Gasteiger partial charge in [-0.05, 0) is 19.8 Å². The van der Waals surface area contributed by atoms with Gasteiger partial charge in [0.25, 0.3) is 0 Å². The minimum Gasteiger partial charge on any atom is -0.374 e. The Kier molecular flexibility index (Phi) is 3.16. The molecule has 0 aromatic carbocycles. The molecule has 6 heteroatoms. The van der Waals surface area contributed by atoms with Gasteiger partial charge in [-0.25, -0.2) is 4.98 Å². The molecule has 17 heavy (non-hydrogen) atoms. The van der Waals surface area contributed by atoms with E-state index in [2.05, 4.69) is 9.97 Å². The highest BCUT2D eigenvalue weighted by atomic mass is 19.4. The van der Waals surface area contributed by atoms with Gasteiger partial charge in [-0.2, -0.15) is 13.2 Å². The van der Waals surface area contributed by atoms with Crippen LogP contribution in [-0.4, -0.2) is 23.3 Å². The molecule has 0 fully saturated rings. The first-order chi connectivity index (χ1) is 7.91. The van der Waals surface area contributed by atoms with Crippen molar-refractivity contribution in [2.24, 2.45) is 5.92 Å². The van der Waals surface area contributed by atoms with E-state index < -0.39 is 12.1 Å². The van der Waals surface area contributed by atoms with Gasteiger partial charge in [0, 0.05) is 19.2 Å². The number of fused-ring (bicyclic) bond motifs is 1. The number of rotatable bonds is 2. The molecular formula is C11H15F3N2O. The van der Waals surface area contributed by atoms with Gasteiger partial charge in [0.05, 0.1) is 11.6 Å². The lowest BCUT2D eigenvalue weighted by molar-refractivity contribution is -0.177. The van der Waals surface area contributed by atoms with E-state index in [-0.39, 0.29) is 18.9 Å². The molecule has 2 rings (SSSR count). The summed E-state index contributed by atoms with van der Waals surface area (Å²) >= 11 is 0. The summed E-state index contributed by atoms with van der Waals surface area (Å²) in [4.78, 5) is 7.24. The Morgan fingerprint density at radius 1 is 1.47 bits per heavy atom. The Bertz CT molecular complexity index is 400. The summed E-state index contributed by atoms with van der Waals surface area (Å²) in [7, 11) is 1.55. The van der Waals surface area contributed by atoms with Crippen LogP contribution in [0, 0.1) is 5.92 Å². The lowest BCUT2D eigenvalue weighted by atomic mass is 9.89. The molecule has 0 radical (unpaired) electrons. The van der Waals surface area contributed by atoms with Gasteiger partial charge in [-0.3, -0.25) is 0 Å². The maximum atomic E-state index is 12.6. The van der Waals surface area contributed by atoms with Gasteiger partial charge in [0.1, 0.15) is 11.9 Å². The van der Waals surface area contributed by atoms with Crippen molar-refractivity contribution in [2.45, 2.75) is 38.5 Å². The number of methoxy groups -OCH3 is 1. The summed E-state index contributed by atoms with van der Waals surface area (Å²) in [5, 5.41) is 0. The molecule has 0 saturated heterocycles. The first-order valence-corrected chi connectivity index (χ1v) is 5.59. The predicted molar refractivity (Wildman–Crippen MR) is 55.6 cm³/mol. The molecule has 1 aromatic rings. The van der Waals surface area contributed by atoms with Crippen LogP contribution in [0.15, 0.2) is 0 Å². The number of H-pyrrole nitrogens is 1. The zero-order chi connectivity index (χ0) is 12.6. The standard InChI is InChI=1S/C11H15F3N2O/c1-6(17-2)10-15-8-4-3-7(11(12,13)14)5-9(8)16-10/h6-7H,3-5H2,1-2H3,(H,15,16). The van der Waals surface area contributed by atoms with Gasteiger partial charge in [0.2, 0.25) is 0 Å². The van der Waals surface area contributed by atoms with E-state index in [0.29, 0.717) is 17.9 Å². The van der Waals surface area contributed by atoms with E-state index in [1.54, 1.807) is 7.11 Å². The first-order valence-electron chi connectivity index (χ1n) is 5.59. The molecule has 0 bridgehead atoms. The third-order valence-corrected chi connectivity index (χ3v) is 3.26. The van der Waals surface area contributed by atoms with Crippen molar-refractivity contribution in [3.63, 3.8) is 0 Å². The summed E-state index contributed by atoms with van der Waals surface area (Å²) in [5.41, 5.74) is 1.36. The second-order valence-electron chi connectivity index (χ2n) is 4.41. The molecule has 0 saturated carbocycles. The van der Waals surface area contributed by atoms with Crippen LogP contribution >= 0.6 is 0 Å². The van der Waals surface area contributed by atoms with Crippen LogP contribution in [0.5, 0.6) is 0 Å². The molecule has 1 aliphatic rings. The molecule has 1 aliphatic carbocycles. The fraction of sp³-hybridized carbons (Fsp3) is 0.727. The third kappa shape index (κ3) is 2.46. The van der Waals surface area contributed by atoms with Crippen LogP contribution < -0.4 is 0 Å². The normalized spacial score (nSPS) is 22.3. The molecule has 1 N–H and O–H groups in total. The molecule has 3 nitrogen and oxygen atoms in total. The van der Waals surface area contributed by atoms with E-state index >= 15 is 0 Å². The van der Waals surface area contributed by atoms with Crippen molar-refractivity contribution >= 4 is 0 Å². The molecule has 0 amide bonds. The van der Waals surface area contributed by atoms with E-state index in [1.165, 1.54) is 0 Å². The van der Waals surface area contributed by atoms with Crippen LogP contribution in [0.3, 0.4) is 0 Å². The number of hydrogen-bond donors (Lipinski definition) is 1. The van der Waals surface area contributed by atoms with Gasteiger partial charge >= 0.3 is 6.18 Å². The summed E-state index contributed by atoms with van der Waals surface area (Å²) in [6, 6.07) is 0. The summed E-state index contributed by atoms with van der Waals surface area (Å²) in [6.45, 7) is 1.81. The largest absolute Gasteiger partial charge is 0.392 e. The van der Waals surface area contributed by atoms with E-state index in [1.807, 2.05) is 6.92 Å². The fourth-order valence-electron chi connectivity index (χ4n) is 2.09. The minimum absolute atomic E-state index is 0.00225. The van der Waals surface area contributed by atoms with E-state index in [4.69, 9.17) is 4.74 Å². The fourth-order valence-corrected chi connectivity index (χ4v) is 2.09. The summed E-state index contributed by atoms with van der Waals surface area (Å²) < 4.78 is 42.9. The van der Waals surface area contributed by atoms with Crippen LogP contribution in [0.1, 0.15) is 36.7 Å². The molecule has 0 spiro atoms. The highest BCUT2D eigenvalue weighted by molar-refractivity contribution is 5.20. The maximum absolute atomic E-state index is 12.6. The Balaban J connectivity index is 2.18. The van der Waals surface area contributed by atoms with Crippen molar-refractivity contribution in [1.82, 2.24) is 9.97 Å².